The maximum absolute atomic E-state index is 2.38. The minimum Gasteiger partial charge on any atom is -0.0622 e. The minimum absolute atomic E-state index is 0.122. The minimum atomic E-state index is 0.122. The van der Waals surface area contributed by atoms with Crippen LogP contribution in [0, 0.1) is 0 Å². The molecule has 0 aromatic heterocycles. The molecule has 0 aliphatic carbocycles. The summed E-state index contributed by atoms with van der Waals surface area (Å²) >= 11 is 0. The Balaban J connectivity index is 2.18. The molecule has 0 saturated heterocycles. The third-order valence-corrected chi connectivity index (χ3v) is 4.78. The number of fused-ring (bicyclic) bond motifs is 3. The highest BCUT2D eigenvalue weighted by atomic mass is 14.2. The Hall–Kier alpha value is -2.60. The zero-order chi connectivity index (χ0) is 16.7. The quantitative estimate of drug-likeness (QED) is 0.333. The maximum atomic E-state index is 2.38. The fraction of sp³-hybridized carbons (Fsp3) is 0.167. The highest BCUT2D eigenvalue weighted by molar-refractivity contribution is 6.15. The lowest BCUT2D eigenvalue weighted by atomic mass is 9.81. The number of benzene rings is 4. The average Bonchev–Trinajstić information content (AvgIpc) is 2.60. The Morgan fingerprint density at radius 2 is 1.29 bits per heavy atom. The third kappa shape index (κ3) is 2.39. The van der Waals surface area contributed by atoms with Crippen molar-refractivity contribution in [2.24, 2.45) is 0 Å². The van der Waals surface area contributed by atoms with Gasteiger partial charge in [0.05, 0.1) is 0 Å². The third-order valence-electron chi connectivity index (χ3n) is 4.78. The summed E-state index contributed by atoms with van der Waals surface area (Å²) in [6.07, 6.45) is 0. The van der Waals surface area contributed by atoms with E-state index in [0.717, 1.165) is 0 Å². The van der Waals surface area contributed by atoms with Gasteiger partial charge in [0, 0.05) is 0 Å². The van der Waals surface area contributed by atoms with Crippen molar-refractivity contribution in [3.05, 3.63) is 84.4 Å². The topological polar surface area (TPSA) is 0 Å². The monoisotopic (exact) mass is 310 g/mol. The molecule has 0 spiro atoms. The van der Waals surface area contributed by atoms with E-state index in [1.807, 2.05) is 0 Å². The van der Waals surface area contributed by atoms with Crippen molar-refractivity contribution in [3.63, 3.8) is 0 Å². The summed E-state index contributed by atoms with van der Waals surface area (Å²) in [5.41, 5.74) is 4.12. The molecule has 0 fully saturated rings. The average molecular weight is 310 g/mol. The predicted molar refractivity (Wildman–Crippen MR) is 106 cm³/mol. The van der Waals surface area contributed by atoms with Crippen molar-refractivity contribution in [2.45, 2.75) is 26.2 Å². The van der Waals surface area contributed by atoms with Gasteiger partial charge in [-0.25, -0.2) is 0 Å². The van der Waals surface area contributed by atoms with Gasteiger partial charge in [0.15, 0.2) is 0 Å². The molecule has 0 bridgehead atoms. The van der Waals surface area contributed by atoms with E-state index in [2.05, 4.69) is 99.6 Å². The Kier molecular flexibility index (Phi) is 3.42. The van der Waals surface area contributed by atoms with Crippen LogP contribution in [0.3, 0.4) is 0 Å². The van der Waals surface area contributed by atoms with Crippen LogP contribution in [0.15, 0.2) is 78.9 Å². The lowest BCUT2D eigenvalue weighted by molar-refractivity contribution is 0.596. The van der Waals surface area contributed by atoms with Crippen LogP contribution >= 0.6 is 0 Å². The van der Waals surface area contributed by atoms with Gasteiger partial charge in [-0.1, -0.05) is 93.6 Å². The molecule has 0 heteroatoms. The molecule has 24 heavy (non-hydrogen) atoms. The van der Waals surface area contributed by atoms with Crippen molar-refractivity contribution in [2.75, 3.05) is 0 Å². The van der Waals surface area contributed by atoms with Crippen LogP contribution in [-0.2, 0) is 5.41 Å². The van der Waals surface area contributed by atoms with Crippen molar-refractivity contribution in [1.82, 2.24) is 0 Å². The normalized spacial score (nSPS) is 12.0. The molecule has 118 valence electrons. The smallest absolute Gasteiger partial charge is 0.00266 e. The molecule has 0 aliphatic rings. The van der Waals surface area contributed by atoms with Crippen LogP contribution in [0.5, 0.6) is 0 Å². The van der Waals surface area contributed by atoms with Gasteiger partial charge in [0.2, 0.25) is 0 Å². The second-order valence-electron chi connectivity index (χ2n) is 7.49. The maximum Gasteiger partial charge on any atom is -0.00266 e. The predicted octanol–water partition coefficient (Wildman–Crippen LogP) is 6.96. The first-order chi connectivity index (χ1) is 11.6. The van der Waals surface area contributed by atoms with Gasteiger partial charge in [-0.2, -0.15) is 0 Å². The second-order valence-corrected chi connectivity index (χ2v) is 7.49. The van der Waals surface area contributed by atoms with E-state index >= 15 is 0 Å². The van der Waals surface area contributed by atoms with Gasteiger partial charge in [-0.05, 0) is 49.7 Å². The molecule has 4 aromatic carbocycles. The molecule has 0 N–H and O–H groups in total. The van der Waals surface area contributed by atoms with Crippen LogP contribution in [0.4, 0.5) is 0 Å². The summed E-state index contributed by atoms with van der Waals surface area (Å²) in [6, 6.07) is 28.5. The van der Waals surface area contributed by atoms with E-state index in [0.29, 0.717) is 0 Å². The van der Waals surface area contributed by atoms with E-state index in [-0.39, 0.29) is 5.41 Å². The van der Waals surface area contributed by atoms with Gasteiger partial charge in [0.25, 0.3) is 0 Å². The lowest BCUT2D eigenvalue weighted by Gasteiger charge is -2.23. The van der Waals surface area contributed by atoms with Crippen LogP contribution in [0.2, 0.25) is 0 Å². The summed E-state index contributed by atoms with van der Waals surface area (Å²) in [5.74, 6) is 0. The first-order valence-corrected chi connectivity index (χ1v) is 8.56. The fourth-order valence-corrected chi connectivity index (χ4v) is 3.64. The standard InChI is InChI=1S/C24H22/c1-24(2,3)22-16-18-12-9-15-19(17-10-5-4-6-11-17)23(18)21-14-8-7-13-20(21)22/h4-16H,1-3H3. The summed E-state index contributed by atoms with van der Waals surface area (Å²) in [6.45, 7) is 6.88. The highest BCUT2D eigenvalue weighted by Gasteiger charge is 2.19. The van der Waals surface area contributed by atoms with Crippen molar-refractivity contribution < 1.29 is 0 Å². The first-order valence-electron chi connectivity index (χ1n) is 8.56. The molecule has 0 nitrogen and oxygen atoms in total. The largest absolute Gasteiger partial charge is 0.0622 e. The number of rotatable bonds is 1. The summed E-state index contributed by atoms with van der Waals surface area (Å²) < 4.78 is 0. The summed E-state index contributed by atoms with van der Waals surface area (Å²) in [4.78, 5) is 0. The zero-order valence-electron chi connectivity index (χ0n) is 14.5. The van der Waals surface area contributed by atoms with Crippen molar-refractivity contribution in [3.8, 4) is 11.1 Å². The van der Waals surface area contributed by atoms with Gasteiger partial charge < -0.3 is 0 Å². The van der Waals surface area contributed by atoms with Gasteiger partial charge >= 0.3 is 0 Å². The molecule has 0 saturated carbocycles. The van der Waals surface area contributed by atoms with E-state index in [9.17, 15) is 0 Å². The zero-order valence-corrected chi connectivity index (χ0v) is 14.5. The molecule has 0 amide bonds. The Bertz CT molecular complexity index is 1020. The molecule has 4 aromatic rings. The fourth-order valence-electron chi connectivity index (χ4n) is 3.64. The lowest BCUT2D eigenvalue weighted by Crippen LogP contribution is -2.11. The Labute approximate surface area is 143 Å². The number of hydrogen-bond donors (Lipinski definition) is 0. The molecule has 0 atom stereocenters. The van der Waals surface area contributed by atoms with Gasteiger partial charge in [-0.3, -0.25) is 0 Å². The van der Waals surface area contributed by atoms with E-state index < -0.39 is 0 Å². The Morgan fingerprint density at radius 3 is 2.00 bits per heavy atom. The number of hydrogen-bond acceptors (Lipinski definition) is 0. The summed E-state index contributed by atoms with van der Waals surface area (Å²) in [5, 5.41) is 5.38. The molecular formula is C24H22. The van der Waals surface area contributed by atoms with Gasteiger partial charge in [0.1, 0.15) is 0 Å². The van der Waals surface area contributed by atoms with Crippen LogP contribution in [0.1, 0.15) is 26.3 Å². The molecule has 4 rings (SSSR count). The first kappa shape index (κ1) is 15.0. The second kappa shape index (κ2) is 5.49. The van der Waals surface area contributed by atoms with E-state index in [4.69, 9.17) is 0 Å². The van der Waals surface area contributed by atoms with E-state index in [1.54, 1.807) is 0 Å². The SMILES string of the molecule is CC(C)(C)c1cc2cccc(-c3ccccc3)c2c2ccccc12. The molecular weight excluding hydrogens is 288 g/mol. The molecule has 0 radical (unpaired) electrons. The van der Waals surface area contributed by atoms with Crippen LogP contribution in [0.25, 0.3) is 32.7 Å². The molecule has 0 aliphatic heterocycles. The molecule has 0 unspecified atom stereocenters. The van der Waals surface area contributed by atoms with Crippen LogP contribution < -0.4 is 0 Å². The van der Waals surface area contributed by atoms with Crippen LogP contribution in [-0.4, -0.2) is 0 Å². The molecule has 0 heterocycles. The van der Waals surface area contributed by atoms with Crippen molar-refractivity contribution in [1.29, 1.82) is 0 Å². The Morgan fingerprint density at radius 1 is 0.625 bits per heavy atom. The van der Waals surface area contributed by atoms with E-state index in [1.165, 1.54) is 38.2 Å². The van der Waals surface area contributed by atoms with Crippen molar-refractivity contribution >= 4 is 21.5 Å². The summed E-state index contributed by atoms with van der Waals surface area (Å²) in [7, 11) is 0. The van der Waals surface area contributed by atoms with Gasteiger partial charge in [-0.15, -0.1) is 0 Å². The highest BCUT2D eigenvalue weighted by Crippen LogP contribution is 2.39.